The molecular weight excluding hydrogens is 386 g/mol. The molecule has 2 N–H and O–H groups in total. The number of methoxy groups -OCH3 is 1. The van der Waals surface area contributed by atoms with Crippen LogP contribution >= 0.6 is 0 Å². The maximum Gasteiger partial charge on any atom is 0.287 e. The van der Waals surface area contributed by atoms with Crippen molar-refractivity contribution in [1.82, 2.24) is 0 Å². The standard InChI is InChI=1S/C26H29N3O2/c1-20-8-10-22(11-9-20)27-26(30)25(21-6-4-3-5-7-21)29-18-16-28(17-19-29)23-12-14-24(31-2)15-13-23/h3-15,25H,16-19H2,1-2H3,(H,27,30)/p+1/t25-/m1/s1. The second kappa shape index (κ2) is 9.67. The van der Waals surface area contributed by atoms with Crippen LogP contribution in [0.3, 0.4) is 0 Å². The Morgan fingerprint density at radius 1 is 0.935 bits per heavy atom. The van der Waals surface area contributed by atoms with Crippen LogP contribution in [0, 0.1) is 6.92 Å². The fourth-order valence-corrected chi connectivity index (χ4v) is 4.20. The number of anilines is 2. The molecule has 4 rings (SSSR count). The van der Waals surface area contributed by atoms with Crippen molar-refractivity contribution < 1.29 is 14.4 Å². The van der Waals surface area contributed by atoms with E-state index in [1.165, 1.54) is 16.2 Å². The van der Waals surface area contributed by atoms with Crippen LogP contribution in [-0.4, -0.2) is 39.2 Å². The third kappa shape index (κ3) is 5.06. The van der Waals surface area contributed by atoms with Gasteiger partial charge in [-0.2, -0.15) is 0 Å². The molecule has 0 saturated carbocycles. The van der Waals surface area contributed by atoms with Crippen molar-refractivity contribution in [3.05, 3.63) is 90.0 Å². The highest BCUT2D eigenvalue weighted by atomic mass is 16.5. The van der Waals surface area contributed by atoms with E-state index in [9.17, 15) is 4.79 Å². The van der Waals surface area contributed by atoms with Gasteiger partial charge in [0.25, 0.3) is 5.91 Å². The second-order valence-corrected chi connectivity index (χ2v) is 8.04. The van der Waals surface area contributed by atoms with Crippen molar-refractivity contribution in [3.63, 3.8) is 0 Å². The van der Waals surface area contributed by atoms with E-state index in [0.29, 0.717) is 0 Å². The van der Waals surface area contributed by atoms with Crippen LogP contribution in [0.4, 0.5) is 11.4 Å². The molecule has 1 aliphatic rings. The number of carbonyl (C=O) groups is 1. The molecule has 0 radical (unpaired) electrons. The van der Waals surface area contributed by atoms with Gasteiger partial charge in [0.2, 0.25) is 0 Å². The molecular formula is C26H30N3O2+. The molecule has 5 nitrogen and oxygen atoms in total. The van der Waals surface area contributed by atoms with E-state index in [-0.39, 0.29) is 11.9 Å². The first-order valence-electron chi connectivity index (χ1n) is 10.8. The van der Waals surface area contributed by atoms with Gasteiger partial charge in [-0.05, 0) is 43.3 Å². The highest BCUT2D eigenvalue weighted by molar-refractivity contribution is 5.94. The van der Waals surface area contributed by atoms with Gasteiger partial charge in [-0.3, -0.25) is 4.79 Å². The Morgan fingerprint density at radius 3 is 2.19 bits per heavy atom. The number of piperazine rings is 1. The fourth-order valence-electron chi connectivity index (χ4n) is 4.20. The summed E-state index contributed by atoms with van der Waals surface area (Å²) in [6, 6.07) is 26.1. The molecule has 0 aliphatic carbocycles. The Bertz CT molecular complexity index is 979. The van der Waals surface area contributed by atoms with Crippen LogP contribution in [0.2, 0.25) is 0 Å². The summed E-state index contributed by atoms with van der Waals surface area (Å²) >= 11 is 0. The van der Waals surface area contributed by atoms with E-state index in [1.807, 2.05) is 61.5 Å². The second-order valence-electron chi connectivity index (χ2n) is 8.04. The number of hydrogen-bond donors (Lipinski definition) is 2. The molecule has 3 aromatic rings. The van der Waals surface area contributed by atoms with Crippen LogP contribution in [0.5, 0.6) is 5.75 Å². The lowest BCUT2D eigenvalue weighted by Gasteiger charge is -2.37. The first-order chi connectivity index (χ1) is 15.1. The lowest BCUT2D eigenvalue weighted by atomic mass is 10.0. The summed E-state index contributed by atoms with van der Waals surface area (Å²) in [4.78, 5) is 17.0. The molecule has 1 fully saturated rings. The molecule has 1 amide bonds. The van der Waals surface area contributed by atoms with Crippen molar-refractivity contribution in [3.8, 4) is 5.75 Å². The molecule has 0 unspecified atom stereocenters. The number of aryl methyl sites for hydroxylation is 1. The largest absolute Gasteiger partial charge is 0.497 e. The molecule has 1 aliphatic heterocycles. The van der Waals surface area contributed by atoms with Gasteiger partial charge in [-0.15, -0.1) is 0 Å². The fraction of sp³-hybridized carbons (Fsp3) is 0.269. The third-order valence-corrected chi connectivity index (χ3v) is 5.97. The Kier molecular flexibility index (Phi) is 6.53. The zero-order valence-electron chi connectivity index (χ0n) is 18.2. The van der Waals surface area contributed by atoms with Crippen molar-refractivity contribution >= 4 is 17.3 Å². The Morgan fingerprint density at radius 2 is 1.58 bits per heavy atom. The lowest BCUT2D eigenvalue weighted by molar-refractivity contribution is -0.922. The van der Waals surface area contributed by atoms with E-state index < -0.39 is 0 Å². The molecule has 0 bridgehead atoms. The van der Waals surface area contributed by atoms with E-state index in [4.69, 9.17) is 4.74 Å². The van der Waals surface area contributed by atoms with Gasteiger partial charge < -0.3 is 19.9 Å². The van der Waals surface area contributed by atoms with Crippen LogP contribution in [0.25, 0.3) is 0 Å². The SMILES string of the molecule is COc1ccc(N2CC[NH+]([C@@H](C(=O)Nc3ccc(C)cc3)c3ccccc3)CC2)cc1. The summed E-state index contributed by atoms with van der Waals surface area (Å²) < 4.78 is 5.27. The zero-order valence-corrected chi connectivity index (χ0v) is 18.2. The summed E-state index contributed by atoms with van der Waals surface area (Å²) in [5, 5.41) is 3.13. The lowest BCUT2D eigenvalue weighted by Crippen LogP contribution is -3.16. The number of ether oxygens (including phenoxy) is 1. The van der Waals surface area contributed by atoms with Gasteiger partial charge in [0, 0.05) is 16.9 Å². The van der Waals surface area contributed by atoms with Gasteiger partial charge in [0.05, 0.1) is 33.3 Å². The molecule has 1 heterocycles. The van der Waals surface area contributed by atoms with Crippen molar-refractivity contribution in [2.24, 2.45) is 0 Å². The van der Waals surface area contributed by atoms with Crippen molar-refractivity contribution in [2.75, 3.05) is 43.5 Å². The summed E-state index contributed by atoms with van der Waals surface area (Å²) in [6.07, 6.45) is 0. The Labute approximate surface area is 184 Å². The van der Waals surface area contributed by atoms with Gasteiger partial charge in [-0.25, -0.2) is 0 Å². The smallest absolute Gasteiger partial charge is 0.287 e. The minimum Gasteiger partial charge on any atom is -0.497 e. The number of rotatable bonds is 6. The van der Waals surface area contributed by atoms with Crippen LogP contribution < -0.4 is 19.9 Å². The number of nitrogens with zero attached hydrogens (tertiary/aromatic N) is 1. The quantitative estimate of drug-likeness (QED) is 0.649. The van der Waals surface area contributed by atoms with Gasteiger partial charge in [-0.1, -0.05) is 48.0 Å². The number of carbonyl (C=O) groups excluding carboxylic acids is 1. The number of amides is 1. The number of nitrogens with one attached hydrogen (secondary N) is 2. The van der Waals surface area contributed by atoms with E-state index >= 15 is 0 Å². The first kappa shape index (κ1) is 20.9. The molecule has 1 saturated heterocycles. The first-order valence-corrected chi connectivity index (χ1v) is 10.8. The van der Waals surface area contributed by atoms with Gasteiger partial charge in [0.15, 0.2) is 6.04 Å². The van der Waals surface area contributed by atoms with Crippen molar-refractivity contribution in [1.29, 1.82) is 0 Å². The number of quaternary nitrogens is 1. The molecule has 0 aromatic heterocycles. The molecule has 5 heteroatoms. The summed E-state index contributed by atoms with van der Waals surface area (Å²) in [5.41, 5.74) is 4.27. The number of hydrogen-bond acceptors (Lipinski definition) is 3. The van der Waals surface area contributed by atoms with Gasteiger partial charge >= 0.3 is 0 Å². The van der Waals surface area contributed by atoms with E-state index in [0.717, 1.165) is 43.2 Å². The topological polar surface area (TPSA) is 46.0 Å². The zero-order chi connectivity index (χ0) is 21.6. The maximum absolute atomic E-state index is 13.4. The van der Waals surface area contributed by atoms with Crippen LogP contribution in [0.15, 0.2) is 78.9 Å². The summed E-state index contributed by atoms with van der Waals surface area (Å²) in [7, 11) is 1.68. The summed E-state index contributed by atoms with van der Waals surface area (Å²) in [6.45, 7) is 5.65. The molecule has 31 heavy (non-hydrogen) atoms. The monoisotopic (exact) mass is 416 g/mol. The normalized spacial score (nSPS) is 15.4. The van der Waals surface area contributed by atoms with Crippen LogP contribution in [0.1, 0.15) is 17.2 Å². The maximum atomic E-state index is 13.4. The highest BCUT2D eigenvalue weighted by Gasteiger charge is 2.34. The van der Waals surface area contributed by atoms with Crippen molar-refractivity contribution in [2.45, 2.75) is 13.0 Å². The number of benzene rings is 3. The Balaban J connectivity index is 1.48. The predicted molar refractivity (Wildman–Crippen MR) is 125 cm³/mol. The average molecular weight is 417 g/mol. The molecule has 0 spiro atoms. The highest BCUT2D eigenvalue weighted by Crippen LogP contribution is 2.20. The van der Waals surface area contributed by atoms with Crippen LogP contribution in [-0.2, 0) is 4.79 Å². The Hall–Kier alpha value is -3.31. The van der Waals surface area contributed by atoms with Gasteiger partial charge in [0.1, 0.15) is 5.75 Å². The van der Waals surface area contributed by atoms with E-state index in [1.54, 1.807) is 7.11 Å². The minimum absolute atomic E-state index is 0.0444. The molecule has 1 atom stereocenters. The third-order valence-electron chi connectivity index (χ3n) is 5.97. The van der Waals surface area contributed by atoms with E-state index in [2.05, 4.69) is 34.5 Å². The molecule has 3 aromatic carbocycles. The predicted octanol–water partition coefficient (Wildman–Crippen LogP) is 3.09. The summed E-state index contributed by atoms with van der Waals surface area (Å²) in [5.74, 6) is 0.910. The average Bonchev–Trinajstić information content (AvgIpc) is 2.82. The molecule has 160 valence electrons. The minimum atomic E-state index is -0.236.